The third-order valence-electron chi connectivity index (χ3n) is 2.95. The van der Waals surface area contributed by atoms with Gasteiger partial charge in [0.1, 0.15) is 4.88 Å². The Morgan fingerprint density at radius 2 is 2.53 bits per heavy atom. The molecule has 0 aliphatic carbocycles. The molecule has 7 nitrogen and oxygen atoms in total. The second-order valence-corrected chi connectivity index (χ2v) is 5.37. The third kappa shape index (κ3) is 2.49. The number of rotatable bonds is 3. The Balaban J connectivity index is 1.78. The van der Waals surface area contributed by atoms with Crippen LogP contribution in [0.4, 0.5) is 5.82 Å². The molecule has 100 valence electrons. The molecule has 0 spiro atoms. The Morgan fingerprint density at radius 3 is 3.21 bits per heavy atom. The number of aryl methyl sites for hydroxylation is 1. The topological polar surface area (TPSA) is 92.8 Å². The van der Waals surface area contributed by atoms with E-state index in [0.717, 1.165) is 23.7 Å². The zero-order chi connectivity index (χ0) is 13.2. The van der Waals surface area contributed by atoms with Crippen molar-refractivity contribution in [3.8, 4) is 0 Å². The number of aromatic amines is 1. The average molecular weight is 279 g/mol. The van der Waals surface area contributed by atoms with Gasteiger partial charge in [0, 0.05) is 12.5 Å². The maximum Gasteiger partial charge on any atom is 0.268 e. The SMILES string of the molecule is Cc1nc(C2CCOC2)sc1C(=O)Nc1cn[nH]n1. The Labute approximate surface area is 113 Å². The fraction of sp³-hybridized carbons (Fsp3) is 0.455. The van der Waals surface area contributed by atoms with Crippen molar-refractivity contribution in [2.45, 2.75) is 19.3 Å². The van der Waals surface area contributed by atoms with Crippen LogP contribution in [0.15, 0.2) is 6.20 Å². The Morgan fingerprint density at radius 1 is 1.63 bits per heavy atom. The number of ether oxygens (including phenoxy) is 1. The minimum atomic E-state index is -0.200. The zero-order valence-corrected chi connectivity index (χ0v) is 11.2. The Bertz CT molecular complexity index is 574. The molecule has 1 aliphatic heterocycles. The smallest absolute Gasteiger partial charge is 0.268 e. The molecule has 0 aromatic carbocycles. The van der Waals surface area contributed by atoms with Crippen LogP contribution in [0.2, 0.25) is 0 Å². The quantitative estimate of drug-likeness (QED) is 0.884. The first-order chi connectivity index (χ1) is 9.24. The van der Waals surface area contributed by atoms with Gasteiger partial charge >= 0.3 is 0 Å². The highest BCUT2D eigenvalue weighted by Gasteiger charge is 2.24. The van der Waals surface area contributed by atoms with E-state index in [1.165, 1.54) is 17.5 Å². The molecular formula is C11H13N5O2S. The number of aromatic nitrogens is 4. The van der Waals surface area contributed by atoms with Crippen LogP contribution in [0.5, 0.6) is 0 Å². The van der Waals surface area contributed by atoms with E-state index in [4.69, 9.17) is 4.74 Å². The predicted octanol–water partition coefficient (Wildman–Crippen LogP) is 1.33. The summed E-state index contributed by atoms with van der Waals surface area (Å²) >= 11 is 1.43. The average Bonchev–Trinajstić information content (AvgIpc) is 3.07. The maximum atomic E-state index is 12.1. The monoisotopic (exact) mass is 279 g/mol. The van der Waals surface area contributed by atoms with Gasteiger partial charge in [-0.25, -0.2) is 4.98 Å². The first-order valence-corrected chi connectivity index (χ1v) is 6.78. The second kappa shape index (κ2) is 5.06. The van der Waals surface area contributed by atoms with Crippen molar-refractivity contribution in [1.82, 2.24) is 20.4 Å². The first kappa shape index (κ1) is 12.2. The molecule has 1 fully saturated rings. The summed E-state index contributed by atoms with van der Waals surface area (Å²) in [6.07, 6.45) is 2.43. The predicted molar refractivity (Wildman–Crippen MR) is 69.4 cm³/mol. The summed E-state index contributed by atoms with van der Waals surface area (Å²) in [6.45, 7) is 3.30. The van der Waals surface area contributed by atoms with Crippen molar-refractivity contribution >= 4 is 23.1 Å². The highest BCUT2D eigenvalue weighted by Crippen LogP contribution is 2.30. The molecule has 8 heteroatoms. The number of amides is 1. The third-order valence-corrected chi connectivity index (χ3v) is 4.27. The molecule has 3 heterocycles. The van der Waals surface area contributed by atoms with Crippen LogP contribution >= 0.6 is 11.3 Å². The zero-order valence-electron chi connectivity index (χ0n) is 10.3. The van der Waals surface area contributed by atoms with E-state index in [0.29, 0.717) is 23.2 Å². The molecule has 2 N–H and O–H groups in total. The van der Waals surface area contributed by atoms with Gasteiger partial charge < -0.3 is 10.1 Å². The van der Waals surface area contributed by atoms with Crippen LogP contribution < -0.4 is 5.32 Å². The number of thiazole rings is 1. The summed E-state index contributed by atoms with van der Waals surface area (Å²) in [5.41, 5.74) is 0.743. The number of carbonyl (C=O) groups excluding carboxylic acids is 1. The summed E-state index contributed by atoms with van der Waals surface area (Å²) in [5.74, 6) is 0.523. The van der Waals surface area contributed by atoms with Gasteiger partial charge in [0.25, 0.3) is 5.91 Å². The normalized spacial score (nSPS) is 18.7. The van der Waals surface area contributed by atoms with Gasteiger partial charge in [0.2, 0.25) is 0 Å². The number of nitrogens with one attached hydrogen (secondary N) is 2. The van der Waals surface area contributed by atoms with Crippen LogP contribution in [0.1, 0.15) is 32.7 Å². The van der Waals surface area contributed by atoms with Gasteiger partial charge in [-0.2, -0.15) is 10.3 Å². The van der Waals surface area contributed by atoms with Gasteiger partial charge in [0.15, 0.2) is 5.82 Å². The highest BCUT2D eigenvalue weighted by molar-refractivity contribution is 7.14. The lowest BCUT2D eigenvalue weighted by Gasteiger charge is -2.00. The fourth-order valence-electron chi connectivity index (χ4n) is 1.97. The minimum absolute atomic E-state index is 0.200. The molecule has 2 aromatic heterocycles. The Kier molecular flexibility index (Phi) is 3.26. The van der Waals surface area contributed by atoms with Crippen LogP contribution in [0.3, 0.4) is 0 Å². The van der Waals surface area contributed by atoms with Crippen molar-refractivity contribution in [3.63, 3.8) is 0 Å². The van der Waals surface area contributed by atoms with Gasteiger partial charge in [-0.1, -0.05) is 0 Å². The number of hydrogen-bond donors (Lipinski definition) is 2. The maximum absolute atomic E-state index is 12.1. The largest absolute Gasteiger partial charge is 0.381 e. The molecule has 0 radical (unpaired) electrons. The molecule has 3 rings (SSSR count). The first-order valence-electron chi connectivity index (χ1n) is 5.96. The fourth-order valence-corrected chi connectivity index (χ4v) is 3.05. The van der Waals surface area contributed by atoms with Crippen molar-refractivity contribution < 1.29 is 9.53 Å². The summed E-state index contributed by atoms with van der Waals surface area (Å²) in [7, 11) is 0. The lowest BCUT2D eigenvalue weighted by atomic mass is 10.1. The standard InChI is InChI=1S/C11H13N5O2S/c1-6-9(10(17)14-8-4-12-16-15-8)19-11(13-6)7-2-3-18-5-7/h4,7H,2-3,5H2,1H3,(H2,12,14,15,16,17). The molecule has 0 saturated carbocycles. The molecule has 19 heavy (non-hydrogen) atoms. The molecule has 1 unspecified atom stereocenters. The lowest BCUT2D eigenvalue weighted by Crippen LogP contribution is -2.11. The number of carbonyl (C=O) groups is 1. The van der Waals surface area contributed by atoms with E-state index in [-0.39, 0.29) is 5.91 Å². The number of hydrogen-bond acceptors (Lipinski definition) is 6. The van der Waals surface area contributed by atoms with Gasteiger partial charge in [-0.15, -0.1) is 16.4 Å². The van der Waals surface area contributed by atoms with Gasteiger partial charge in [-0.05, 0) is 13.3 Å². The van der Waals surface area contributed by atoms with Crippen molar-refractivity contribution in [3.05, 3.63) is 21.8 Å². The molecule has 1 atom stereocenters. The summed E-state index contributed by atoms with van der Waals surface area (Å²) in [4.78, 5) is 17.2. The summed E-state index contributed by atoms with van der Waals surface area (Å²) < 4.78 is 5.35. The van der Waals surface area contributed by atoms with E-state index in [9.17, 15) is 4.79 Å². The van der Waals surface area contributed by atoms with Gasteiger partial charge in [-0.3, -0.25) is 4.79 Å². The van der Waals surface area contributed by atoms with Crippen LogP contribution in [-0.4, -0.2) is 39.5 Å². The molecule has 1 saturated heterocycles. The van der Waals surface area contributed by atoms with E-state index in [1.807, 2.05) is 6.92 Å². The van der Waals surface area contributed by atoms with Crippen LogP contribution in [-0.2, 0) is 4.74 Å². The lowest BCUT2D eigenvalue weighted by molar-refractivity contribution is 0.102. The molecule has 1 aliphatic rings. The number of nitrogens with zero attached hydrogens (tertiary/aromatic N) is 3. The van der Waals surface area contributed by atoms with E-state index >= 15 is 0 Å². The molecule has 1 amide bonds. The van der Waals surface area contributed by atoms with Crippen molar-refractivity contribution in [2.24, 2.45) is 0 Å². The van der Waals surface area contributed by atoms with Crippen LogP contribution in [0.25, 0.3) is 0 Å². The summed E-state index contributed by atoms with van der Waals surface area (Å²) in [6, 6.07) is 0. The van der Waals surface area contributed by atoms with Crippen LogP contribution in [0, 0.1) is 6.92 Å². The Hall–Kier alpha value is -1.80. The molecular weight excluding hydrogens is 266 g/mol. The minimum Gasteiger partial charge on any atom is -0.381 e. The summed E-state index contributed by atoms with van der Waals surface area (Å²) in [5, 5.41) is 13.5. The second-order valence-electron chi connectivity index (χ2n) is 4.34. The molecule has 2 aromatic rings. The highest BCUT2D eigenvalue weighted by atomic mass is 32.1. The van der Waals surface area contributed by atoms with E-state index in [1.54, 1.807) is 0 Å². The van der Waals surface area contributed by atoms with Gasteiger partial charge in [0.05, 0.1) is 23.5 Å². The van der Waals surface area contributed by atoms with Crippen molar-refractivity contribution in [2.75, 3.05) is 18.5 Å². The molecule has 0 bridgehead atoms. The van der Waals surface area contributed by atoms with E-state index < -0.39 is 0 Å². The number of H-pyrrole nitrogens is 1. The number of anilines is 1. The van der Waals surface area contributed by atoms with Crippen molar-refractivity contribution in [1.29, 1.82) is 0 Å². The van der Waals surface area contributed by atoms with E-state index in [2.05, 4.69) is 25.7 Å².